The number of nitrogens with one attached hydrogen (secondary N) is 2. The van der Waals surface area contributed by atoms with Gasteiger partial charge in [0.2, 0.25) is 5.91 Å². The lowest BCUT2D eigenvalue weighted by atomic mass is 9.88. The largest absolute Gasteiger partial charge is 0.496 e. The first kappa shape index (κ1) is 22.7. The summed E-state index contributed by atoms with van der Waals surface area (Å²) in [5, 5.41) is 6.59. The number of rotatable bonds is 8. The van der Waals surface area contributed by atoms with Crippen molar-refractivity contribution >= 4 is 35.7 Å². The summed E-state index contributed by atoms with van der Waals surface area (Å²) in [6, 6.07) is 5.01. The Balaban J connectivity index is 0.00000338. The molecule has 0 bridgehead atoms. The second kappa shape index (κ2) is 10.7. The lowest BCUT2D eigenvalue weighted by Crippen LogP contribution is -2.59. The number of benzene rings is 1. The first-order valence-corrected chi connectivity index (χ1v) is 8.99. The Morgan fingerprint density at radius 1 is 1.31 bits per heavy atom. The van der Waals surface area contributed by atoms with Crippen molar-refractivity contribution in [3.63, 3.8) is 0 Å². The fourth-order valence-electron chi connectivity index (χ4n) is 2.92. The maximum absolute atomic E-state index is 12.3. The molecule has 0 aromatic heterocycles. The standard InChI is InChI=1S/C18H26ClN3O3.ClH/c1-25-16-6-5-13(19)12-14(16)15(23)4-2-3-9-22-17(24)18(20)7-10-21-11-8-18;/h5-6,12,21H,2-4,7-11,20H2,1H3,(H,22,24);1H. The molecule has 1 aromatic rings. The fraction of sp³-hybridized carbons (Fsp3) is 0.556. The molecule has 6 nitrogen and oxygen atoms in total. The number of amides is 1. The van der Waals surface area contributed by atoms with Gasteiger partial charge in [0.05, 0.1) is 18.2 Å². The first-order valence-electron chi connectivity index (χ1n) is 8.61. The van der Waals surface area contributed by atoms with Crippen LogP contribution in [-0.2, 0) is 4.79 Å². The van der Waals surface area contributed by atoms with E-state index < -0.39 is 5.54 Å². The zero-order chi connectivity index (χ0) is 18.3. The van der Waals surface area contributed by atoms with Crippen molar-refractivity contribution in [2.75, 3.05) is 26.7 Å². The van der Waals surface area contributed by atoms with Crippen LogP contribution in [0.25, 0.3) is 0 Å². The number of hydrogen-bond donors (Lipinski definition) is 3. The molecule has 1 aromatic carbocycles. The van der Waals surface area contributed by atoms with Gasteiger partial charge in [0.25, 0.3) is 0 Å². The van der Waals surface area contributed by atoms with E-state index >= 15 is 0 Å². The zero-order valence-corrected chi connectivity index (χ0v) is 16.5. The molecule has 2 rings (SSSR count). The molecule has 1 fully saturated rings. The predicted molar refractivity (Wildman–Crippen MR) is 105 cm³/mol. The molecule has 0 spiro atoms. The second-order valence-electron chi connectivity index (χ2n) is 6.39. The Morgan fingerprint density at radius 3 is 2.65 bits per heavy atom. The summed E-state index contributed by atoms with van der Waals surface area (Å²) in [5.74, 6) is 0.412. The molecule has 0 aliphatic carbocycles. The van der Waals surface area contributed by atoms with Gasteiger partial charge in [0.1, 0.15) is 5.75 Å². The Labute approximate surface area is 165 Å². The van der Waals surface area contributed by atoms with Gasteiger partial charge < -0.3 is 21.1 Å². The average molecular weight is 404 g/mol. The molecule has 0 atom stereocenters. The number of nitrogens with two attached hydrogens (primary N) is 1. The van der Waals surface area contributed by atoms with Crippen molar-refractivity contribution in [1.82, 2.24) is 10.6 Å². The summed E-state index contributed by atoms with van der Waals surface area (Å²) in [6.07, 6.45) is 3.06. The van der Waals surface area contributed by atoms with E-state index in [-0.39, 0.29) is 24.1 Å². The number of piperidine rings is 1. The van der Waals surface area contributed by atoms with Crippen LogP contribution >= 0.6 is 24.0 Å². The van der Waals surface area contributed by atoms with Gasteiger partial charge in [0.15, 0.2) is 5.78 Å². The second-order valence-corrected chi connectivity index (χ2v) is 6.82. The van der Waals surface area contributed by atoms with E-state index in [4.69, 9.17) is 22.1 Å². The lowest BCUT2D eigenvalue weighted by molar-refractivity contribution is -0.127. The summed E-state index contributed by atoms with van der Waals surface area (Å²) < 4.78 is 5.20. The number of methoxy groups -OCH3 is 1. The summed E-state index contributed by atoms with van der Waals surface area (Å²) in [6.45, 7) is 2.05. The van der Waals surface area contributed by atoms with E-state index in [0.717, 1.165) is 13.1 Å². The Morgan fingerprint density at radius 2 is 2.00 bits per heavy atom. The smallest absolute Gasteiger partial charge is 0.240 e. The summed E-state index contributed by atoms with van der Waals surface area (Å²) >= 11 is 5.95. The molecular weight excluding hydrogens is 377 g/mol. The SMILES string of the molecule is COc1ccc(Cl)cc1C(=O)CCCCNC(=O)C1(N)CCNCC1.Cl. The number of carbonyl (C=O) groups is 2. The highest BCUT2D eigenvalue weighted by atomic mass is 35.5. The number of halogens is 2. The Hall–Kier alpha value is -1.34. The summed E-state index contributed by atoms with van der Waals surface area (Å²) in [7, 11) is 1.53. The van der Waals surface area contributed by atoms with Gasteiger partial charge in [-0.1, -0.05) is 11.6 Å². The monoisotopic (exact) mass is 403 g/mol. The van der Waals surface area contributed by atoms with Gasteiger partial charge in [-0.3, -0.25) is 9.59 Å². The molecule has 1 saturated heterocycles. The molecule has 8 heteroatoms. The van der Waals surface area contributed by atoms with Crippen LogP contribution < -0.4 is 21.1 Å². The van der Waals surface area contributed by atoms with Gasteiger partial charge in [-0.2, -0.15) is 0 Å². The topological polar surface area (TPSA) is 93.5 Å². The van der Waals surface area contributed by atoms with Crippen molar-refractivity contribution in [2.45, 2.75) is 37.6 Å². The van der Waals surface area contributed by atoms with E-state index in [0.29, 0.717) is 55.0 Å². The first-order chi connectivity index (χ1) is 12.0. The van der Waals surface area contributed by atoms with E-state index in [9.17, 15) is 9.59 Å². The molecule has 4 N–H and O–H groups in total. The van der Waals surface area contributed by atoms with Gasteiger partial charge in [-0.25, -0.2) is 0 Å². The predicted octanol–water partition coefficient (Wildman–Crippen LogP) is 2.32. The quantitative estimate of drug-likeness (QED) is 0.457. The minimum absolute atomic E-state index is 0. The highest BCUT2D eigenvalue weighted by Gasteiger charge is 2.34. The third-order valence-corrected chi connectivity index (χ3v) is 4.76. The minimum Gasteiger partial charge on any atom is -0.496 e. The van der Waals surface area contributed by atoms with Crippen LogP contribution in [0.2, 0.25) is 5.02 Å². The molecule has 1 amide bonds. The van der Waals surface area contributed by atoms with Gasteiger partial charge in [-0.15, -0.1) is 12.4 Å². The van der Waals surface area contributed by atoms with Crippen molar-refractivity contribution in [3.8, 4) is 5.75 Å². The molecule has 1 heterocycles. The number of unbranched alkanes of at least 4 members (excludes halogenated alkanes) is 1. The lowest BCUT2D eigenvalue weighted by Gasteiger charge is -2.32. The maximum atomic E-state index is 12.3. The highest BCUT2D eigenvalue weighted by Crippen LogP contribution is 2.24. The molecule has 146 valence electrons. The highest BCUT2D eigenvalue weighted by molar-refractivity contribution is 6.31. The zero-order valence-electron chi connectivity index (χ0n) is 15.0. The normalized spacial score (nSPS) is 15.7. The molecule has 0 saturated carbocycles. The average Bonchev–Trinajstić information content (AvgIpc) is 2.61. The number of carbonyl (C=O) groups excluding carboxylic acids is 2. The van der Waals surface area contributed by atoms with E-state index in [1.165, 1.54) is 7.11 Å². The molecule has 0 radical (unpaired) electrons. The third kappa shape index (κ3) is 6.13. The van der Waals surface area contributed by atoms with Gasteiger partial charge in [-0.05, 0) is 57.0 Å². The summed E-state index contributed by atoms with van der Waals surface area (Å²) in [4.78, 5) is 24.5. The number of Topliss-reactive ketones (excluding diaryl/α,β-unsaturated/α-hetero) is 1. The van der Waals surface area contributed by atoms with Crippen LogP contribution in [0, 0.1) is 0 Å². The molecule has 1 aliphatic heterocycles. The Kier molecular flexibility index (Phi) is 9.36. The third-order valence-electron chi connectivity index (χ3n) is 4.53. The molecule has 26 heavy (non-hydrogen) atoms. The van der Waals surface area contributed by atoms with Gasteiger partial charge in [0, 0.05) is 18.0 Å². The Bertz CT molecular complexity index is 620. The van der Waals surface area contributed by atoms with Crippen molar-refractivity contribution in [1.29, 1.82) is 0 Å². The number of ether oxygens (including phenoxy) is 1. The number of ketones is 1. The van der Waals surface area contributed by atoms with Crippen LogP contribution in [-0.4, -0.2) is 44.0 Å². The van der Waals surface area contributed by atoms with Crippen molar-refractivity contribution < 1.29 is 14.3 Å². The van der Waals surface area contributed by atoms with E-state index in [2.05, 4.69) is 10.6 Å². The van der Waals surface area contributed by atoms with Crippen LogP contribution in [0.4, 0.5) is 0 Å². The summed E-state index contributed by atoms with van der Waals surface area (Å²) in [5.41, 5.74) is 5.88. The fourth-order valence-corrected chi connectivity index (χ4v) is 3.09. The van der Waals surface area contributed by atoms with Crippen LogP contribution in [0.15, 0.2) is 18.2 Å². The number of hydrogen-bond acceptors (Lipinski definition) is 5. The van der Waals surface area contributed by atoms with Crippen molar-refractivity contribution in [3.05, 3.63) is 28.8 Å². The molecule has 1 aliphatic rings. The van der Waals surface area contributed by atoms with E-state index in [1.54, 1.807) is 18.2 Å². The van der Waals surface area contributed by atoms with Crippen molar-refractivity contribution in [2.24, 2.45) is 5.73 Å². The maximum Gasteiger partial charge on any atom is 0.240 e. The molecular formula is C18H27Cl2N3O3. The minimum atomic E-state index is -0.769. The van der Waals surface area contributed by atoms with Crippen LogP contribution in [0.1, 0.15) is 42.5 Å². The molecule has 0 unspecified atom stereocenters. The van der Waals surface area contributed by atoms with Gasteiger partial charge >= 0.3 is 0 Å². The van der Waals surface area contributed by atoms with Crippen LogP contribution in [0.5, 0.6) is 5.75 Å². The van der Waals surface area contributed by atoms with E-state index in [1.807, 2.05) is 0 Å². The van der Waals surface area contributed by atoms with Crippen LogP contribution in [0.3, 0.4) is 0 Å².